The summed E-state index contributed by atoms with van der Waals surface area (Å²) in [4.78, 5) is 0. The number of hydrogen-bond donors (Lipinski definition) is 2. The van der Waals surface area contributed by atoms with E-state index in [0.717, 1.165) is 29.4 Å². The van der Waals surface area contributed by atoms with Crippen molar-refractivity contribution in [3.63, 3.8) is 0 Å². The van der Waals surface area contributed by atoms with Gasteiger partial charge in [-0.15, -0.1) is 18.2 Å². The first-order chi connectivity index (χ1) is 9.63. The fourth-order valence-corrected chi connectivity index (χ4v) is 2.30. The lowest BCUT2D eigenvalue weighted by Gasteiger charge is -2.14. The predicted octanol–water partition coefficient (Wildman–Crippen LogP) is 2.00. The third kappa shape index (κ3) is 6.85. The minimum absolute atomic E-state index is 0.300. The van der Waals surface area contributed by atoms with Crippen LogP contribution >= 0.6 is 11.8 Å². The van der Waals surface area contributed by atoms with E-state index in [1.165, 1.54) is 5.56 Å². The second-order valence-electron chi connectivity index (χ2n) is 4.69. The standard InChI is InChI=1S/C16H23NO2S/c1-4-8-20-9-7-17-11-15(18)12-19-16-6-5-13(2)10-14(16)3/h1,5-6,10,15,17-18H,7-9,11-12H2,2-3H3. The Hall–Kier alpha value is -1.15. The summed E-state index contributed by atoms with van der Waals surface area (Å²) in [6, 6.07) is 6.03. The van der Waals surface area contributed by atoms with Gasteiger partial charge in [-0.3, -0.25) is 0 Å². The Balaban J connectivity index is 2.16. The molecule has 0 aromatic heterocycles. The van der Waals surface area contributed by atoms with Gasteiger partial charge in [0, 0.05) is 18.8 Å². The van der Waals surface area contributed by atoms with Gasteiger partial charge in [0.15, 0.2) is 0 Å². The Bertz CT molecular complexity index is 443. The van der Waals surface area contributed by atoms with Crippen LogP contribution in [0, 0.1) is 26.2 Å². The summed E-state index contributed by atoms with van der Waals surface area (Å²) < 4.78 is 5.63. The molecule has 110 valence electrons. The van der Waals surface area contributed by atoms with E-state index in [4.69, 9.17) is 11.2 Å². The molecule has 0 radical (unpaired) electrons. The molecule has 0 saturated carbocycles. The summed E-state index contributed by atoms with van der Waals surface area (Å²) in [6.45, 7) is 5.73. The van der Waals surface area contributed by atoms with Crippen molar-refractivity contribution in [2.24, 2.45) is 0 Å². The third-order valence-corrected chi connectivity index (χ3v) is 3.61. The monoisotopic (exact) mass is 293 g/mol. The van der Waals surface area contributed by atoms with E-state index in [1.807, 2.05) is 26.0 Å². The molecule has 0 fully saturated rings. The normalized spacial score (nSPS) is 11.9. The lowest BCUT2D eigenvalue weighted by atomic mass is 10.1. The van der Waals surface area contributed by atoms with Gasteiger partial charge in [0.2, 0.25) is 0 Å². The number of rotatable bonds is 9. The Morgan fingerprint density at radius 2 is 2.25 bits per heavy atom. The van der Waals surface area contributed by atoms with Gasteiger partial charge in [-0.25, -0.2) is 0 Å². The summed E-state index contributed by atoms with van der Waals surface area (Å²) in [6.07, 6.45) is 4.65. The van der Waals surface area contributed by atoms with Crippen LogP contribution in [0.25, 0.3) is 0 Å². The highest BCUT2D eigenvalue weighted by Crippen LogP contribution is 2.18. The van der Waals surface area contributed by atoms with Crippen molar-refractivity contribution in [2.45, 2.75) is 20.0 Å². The van der Waals surface area contributed by atoms with Crippen molar-refractivity contribution in [2.75, 3.05) is 31.2 Å². The van der Waals surface area contributed by atoms with Gasteiger partial charge in [-0.2, -0.15) is 0 Å². The lowest BCUT2D eigenvalue weighted by Crippen LogP contribution is -2.32. The number of hydrogen-bond acceptors (Lipinski definition) is 4. The van der Waals surface area contributed by atoms with Crippen LogP contribution < -0.4 is 10.1 Å². The second kappa shape index (κ2) is 9.71. The fourth-order valence-electron chi connectivity index (χ4n) is 1.75. The van der Waals surface area contributed by atoms with Gasteiger partial charge in [-0.1, -0.05) is 23.6 Å². The number of ether oxygens (including phenoxy) is 1. The van der Waals surface area contributed by atoms with Crippen molar-refractivity contribution in [3.8, 4) is 18.1 Å². The fraction of sp³-hybridized carbons (Fsp3) is 0.500. The van der Waals surface area contributed by atoms with Crippen LogP contribution in [0.5, 0.6) is 5.75 Å². The minimum atomic E-state index is -0.506. The van der Waals surface area contributed by atoms with E-state index in [1.54, 1.807) is 11.8 Å². The summed E-state index contributed by atoms with van der Waals surface area (Å²) in [5.74, 6) is 5.10. The number of terminal acetylenes is 1. The van der Waals surface area contributed by atoms with E-state index in [0.29, 0.717) is 13.2 Å². The van der Waals surface area contributed by atoms with Gasteiger partial charge in [0.1, 0.15) is 18.5 Å². The Morgan fingerprint density at radius 3 is 2.95 bits per heavy atom. The van der Waals surface area contributed by atoms with E-state index < -0.39 is 6.10 Å². The van der Waals surface area contributed by atoms with Gasteiger partial charge in [0.25, 0.3) is 0 Å². The number of benzene rings is 1. The number of thioether (sulfide) groups is 1. The summed E-state index contributed by atoms with van der Waals surface area (Å²) in [7, 11) is 0. The molecule has 0 aliphatic rings. The third-order valence-electron chi connectivity index (χ3n) is 2.75. The maximum absolute atomic E-state index is 9.83. The Labute approximate surface area is 126 Å². The summed E-state index contributed by atoms with van der Waals surface area (Å²) in [5, 5.41) is 13.0. The van der Waals surface area contributed by atoms with E-state index in [-0.39, 0.29) is 0 Å². The number of aliphatic hydroxyl groups is 1. The number of aliphatic hydroxyl groups excluding tert-OH is 1. The van der Waals surface area contributed by atoms with E-state index in [9.17, 15) is 5.11 Å². The molecule has 0 saturated heterocycles. The molecular weight excluding hydrogens is 270 g/mol. The SMILES string of the molecule is C#CCSCCNCC(O)COc1ccc(C)cc1C. The lowest BCUT2D eigenvalue weighted by molar-refractivity contribution is 0.106. The van der Waals surface area contributed by atoms with Gasteiger partial charge in [-0.05, 0) is 25.5 Å². The molecular formula is C16H23NO2S. The number of aryl methyl sites for hydroxylation is 2. The molecule has 4 heteroatoms. The maximum atomic E-state index is 9.83. The van der Waals surface area contributed by atoms with Crippen molar-refractivity contribution in [3.05, 3.63) is 29.3 Å². The zero-order valence-electron chi connectivity index (χ0n) is 12.2. The Morgan fingerprint density at radius 1 is 1.45 bits per heavy atom. The molecule has 1 aromatic carbocycles. The van der Waals surface area contributed by atoms with Crippen molar-refractivity contribution in [1.82, 2.24) is 5.32 Å². The molecule has 0 amide bonds. The molecule has 0 bridgehead atoms. The Kier molecular flexibility index (Phi) is 8.20. The van der Waals surface area contributed by atoms with Crippen LogP contribution in [0.3, 0.4) is 0 Å². The highest BCUT2D eigenvalue weighted by atomic mass is 32.2. The molecule has 20 heavy (non-hydrogen) atoms. The van der Waals surface area contributed by atoms with Crippen molar-refractivity contribution < 1.29 is 9.84 Å². The molecule has 0 aliphatic carbocycles. The quantitative estimate of drug-likeness (QED) is 0.540. The van der Waals surface area contributed by atoms with Crippen molar-refractivity contribution in [1.29, 1.82) is 0 Å². The highest BCUT2D eigenvalue weighted by Gasteiger charge is 2.06. The molecule has 1 atom stereocenters. The van der Waals surface area contributed by atoms with Crippen LogP contribution in [0.1, 0.15) is 11.1 Å². The van der Waals surface area contributed by atoms with Crippen LogP contribution in [-0.4, -0.2) is 42.4 Å². The van der Waals surface area contributed by atoms with Crippen LogP contribution in [-0.2, 0) is 0 Å². The van der Waals surface area contributed by atoms with Gasteiger partial charge in [0.05, 0.1) is 5.75 Å². The zero-order chi connectivity index (χ0) is 14.8. The average Bonchev–Trinajstić information content (AvgIpc) is 2.41. The first kappa shape index (κ1) is 16.9. The predicted molar refractivity (Wildman–Crippen MR) is 86.4 cm³/mol. The molecule has 1 aromatic rings. The van der Waals surface area contributed by atoms with E-state index in [2.05, 4.69) is 17.3 Å². The first-order valence-corrected chi connectivity index (χ1v) is 7.89. The summed E-state index contributed by atoms with van der Waals surface area (Å²) >= 11 is 1.71. The van der Waals surface area contributed by atoms with Crippen LogP contribution in [0.4, 0.5) is 0 Å². The minimum Gasteiger partial charge on any atom is -0.491 e. The molecule has 0 aliphatic heterocycles. The van der Waals surface area contributed by atoms with Gasteiger partial charge >= 0.3 is 0 Å². The first-order valence-electron chi connectivity index (χ1n) is 6.73. The largest absolute Gasteiger partial charge is 0.491 e. The smallest absolute Gasteiger partial charge is 0.122 e. The van der Waals surface area contributed by atoms with Crippen LogP contribution in [0.2, 0.25) is 0 Å². The molecule has 1 rings (SSSR count). The average molecular weight is 293 g/mol. The highest BCUT2D eigenvalue weighted by molar-refractivity contribution is 7.99. The molecule has 0 heterocycles. The van der Waals surface area contributed by atoms with E-state index >= 15 is 0 Å². The summed E-state index contributed by atoms with van der Waals surface area (Å²) in [5.41, 5.74) is 2.30. The number of nitrogens with one attached hydrogen (secondary N) is 1. The van der Waals surface area contributed by atoms with Crippen LogP contribution in [0.15, 0.2) is 18.2 Å². The molecule has 3 nitrogen and oxygen atoms in total. The van der Waals surface area contributed by atoms with Crippen molar-refractivity contribution >= 4 is 11.8 Å². The maximum Gasteiger partial charge on any atom is 0.122 e. The zero-order valence-corrected chi connectivity index (χ0v) is 13.0. The molecule has 0 spiro atoms. The van der Waals surface area contributed by atoms with Gasteiger partial charge < -0.3 is 15.2 Å². The molecule has 1 unspecified atom stereocenters. The second-order valence-corrected chi connectivity index (χ2v) is 5.80. The topological polar surface area (TPSA) is 41.5 Å². The molecule has 2 N–H and O–H groups in total.